The molecule has 0 fully saturated rings. The highest BCUT2D eigenvalue weighted by Crippen LogP contribution is 2.21. The van der Waals surface area contributed by atoms with E-state index in [-0.39, 0.29) is 24.6 Å². The molecule has 0 aliphatic rings. The number of aromatic amines is 1. The zero-order chi connectivity index (χ0) is 15.8. The maximum atomic E-state index is 11.8. The summed E-state index contributed by atoms with van der Waals surface area (Å²) in [5, 5.41) is 22.4. The van der Waals surface area contributed by atoms with Crippen LogP contribution in [0.3, 0.4) is 0 Å². The van der Waals surface area contributed by atoms with Gasteiger partial charge in [-0.05, 0) is 20.8 Å². The molecule has 1 rings (SSSR count). The van der Waals surface area contributed by atoms with Crippen LogP contribution in [0.25, 0.3) is 0 Å². The molecule has 1 atom stereocenters. The van der Waals surface area contributed by atoms with Gasteiger partial charge in [-0.25, -0.2) is 9.59 Å². The Balaban J connectivity index is 2.97. The van der Waals surface area contributed by atoms with E-state index in [0.29, 0.717) is 5.69 Å². The SMILES string of the molecule is CCOC(=O)c1c(N=N[C@@H](C#N)C(=O)OCC)n[nH]c1C. The zero-order valence-electron chi connectivity index (χ0n) is 11.9. The van der Waals surface area contributed by atoms with Gasteiger partial charge < -0.3 is 9.47 Å². The Morgan fingerprint density at radius 3 is 2.62 bits per heavy atom. The third kappa shape index (κ3) is 4.10. The van der Waals surface area contributed by atoms with Gasteiger partial charge in [-0.2, -0.15) is 15.5 Å². The molecule has 9 heteroatoms. The van der Waals surface area contributed by atoms with Crippen molar-refractivity contribution < 1.29 is 19.1 Å². The number of azo groups is 1. The summed E-state index contributed by atoms with van der Waals surface area (Å²) in [5.41, 5.74) is 0.563. The summed E-state index contributed by atoms with van der Waals surface area (Å²) >= 11 is 0. The van der Waals surface area contributed by atoms with E-state index < -0.39 is 18.0 Å². The molecule has 21 heavy (non-hydrogen) atoms. The van der Waals surface area contributed by atoms with E-state index in [1.807, 2.05) is 0 Å². The molecule has 1 heterocycles. The van der Waals surface area contributed by atoms with Crippen molar-refractivity contribution in [2.24, 2.45) is 10.2 Å². The standard InChI is InChI=1S/C12H15N5O4/c1-4-20-11(18)8(6-13)15-17-10-9(7(3)14-16-10)12(19)21-5-2/h8H,4-5H2,1-3H3,(H,14,16)/t8-/m0/s1. The van der Waals surface area contributed by atoms with Gasteiger partial charge in [-0.1, -0.05) is 0 Å². The molecule has 0 saturated heterocycles. The highest BCUT2D eigenvalue weighted by atomic mass is 16.5. The number of nitriles is 1. The van der Waals surface area contributed by atoms with Gasteiger partial charge in [0.05, 0.1) is 13.2 Å². The van der Waals surface area contributed by atoms with Crippen molar-refractivity contribution in [1.82, 2.24) is 10.2 Å². The van der Waals surface area contributed by atoms with Gasteiger partial charge in [0.15, 0.2) is 0 Å². The van der Waals surface area contributed by atoms with Crippen molar-refractivity contribution >= 4 is 17.8 Å². The van der Waals surface area contributed by atoms with Gasteiger partial charge in [0.2, 0.25) is 5.82 Å². The molecule has 0 amide bonds. The molecule has 1 aromatic heterocycles. The van der Waals surface area contributed by atoms with Crippen LogP contribution in [0.2, 0.25) is 0 Å². The minimum absolute atomic E-state index is 0.0458. The van der Waals surface area contributed by atoms with Crippen LogP contribution in [0.4, 0.5) is 5.82 Å². The second kappa shape index (κ2) is 7.74. The summed E-state index contributed by atoms with van der Waals surface area (Å²) in [5.74, 6) is -1.47. The summed E-state index contributed by atoms with van der Waals surface area (Å²) in [6, 6.07) is 0.243. The van der Waals surface area contributed by atoms with Crippen molar-refractivity contribution in [2.45, 2.75) is 26.8 Å². The van der Waals surface area contributed by atoms with Crippen molar-refractivity contribution in [3.05, 3.63) is 11.3 Å². The second-order valence-electron chi connectivity index (χ2n) is 3.77. The molecule has 0 aromatic carbocycles. The van der Waals surface area contributed by atoms with Crippen LogP contribution in [0.1, 0.15) is 29.9 Å². The lowest BCUT2D eigenvalue weighted by Gasteiger charge is -2.02. The Labute approximate surface area is 121 Å². The van der Waals surface area contributed by atoms with Gasteiger partial charge in [0.1, 0.15) is 11.6 Å². The number of H-pyrrole nitrogens is 1. The highest BCUT2D eigenvalue weighted by Gasteiger charge is 2.22. The number of nitrogens with one attached hydrogen (secondary N) is 1. The van der Waals surface area contributed by atoms with E-state index in [0.717, 1.165) is 0 Å². The normalized spacial score (nSPS) is 11.9. The first-order valence-corrected chi connectivity index (χ1v) is 6.24. The van der Waals surface area contributed by atoms with Gasteiger partial charge in [-0.3, -0.25) is 5.10 Å². The molecule has 1 N–H and O–H groups in total. The number of carbonyl (C=O) groups is 2. The van der Waals surface area contributed by atoms with E-state index in [1.54, 1.807) is 26.8 Å². The van der Waals surface area contributed by atoms with Crippen molar-refractivity contribution in [3.8, 4) is 6.07 Å². The minimum atomic E-state index is -1.41. The van der Waals surface area contributed by atoms with Crippen molar-refractivity contribution in [3.63, 3.8) is 0 Å². The number of carbonyl (C=O) groups excluding carboxylic acids is 2. The van der Waals surface area contributed by atoms with Crippen molar-refractivity contribution in [2.75, 3.05) is 13.2 Å². The third-order valence-corrected chi connectivity index (χ3v) is 2.31. The molecule has 0 bridgehead atoms. The maximum absolute atomic E-state index is 11.8. The summed E-state index contributed by atoms with van der Waals surface area (Å²) in [4.78, 5) is 23.2. The molecule has 0 aliphatic heterocycles. The largest absolute Gasteiger partial charge is 0.464 e. The molecule has 9 nitrogen and oxygen atoms in total. The zero-order valence-corrected chi connectivity index (χ0v) is 11.9. The number of hydrogen-bond acceptors (Lipinski definition) is 8. The van der Waals surface area contributed by atoms with Gasteiger partial charge in [0, 0.05) is 5.69 Å². The lowest BCUT2D eigenvalue weighted by atomic mass is 10.2. The van der Waals surface area contributed by atoms with Gasteiger partial charge >= 0.3 is 11.9 Å². The number of ether oxygens (including phenoxy) is 2. The first-order valence-electron chi connectivity index (χ1n) is 6.24. The Bertz CT molecular complexity index is 587. The summed E-state index contributed by atoms with van der Waals surface area (Å²) in [6.07, 6.45) is 0. The first-order chi connectivity index (χ1) is 10.0. The number of rotatable bonds is 6. The van der Waals surface area contributed by atoms with E-state index in [4.69, 9.17) is 10.00 Å². The van der Waals surface area contributed by atoms with Crippen LogP contribution in [0.5, 0.6) is 0 Å². The molecular weight excluding hydrogens is 278 g/mol. The fourth-order valence-electron chi connectivity index (χ4n) is 1.40. The van der Waals surface area contributed by atoms with E-state index in [9.17, 15) is 9.59 Å². The predicted molar refractivity (Wildman–Crippen MR) is 69.8 cm³/mol. The Morgan fingerprint density at radius 2 is 2.05 bits per heavy atom. The quantitative estimate of drug-likeness (QED) is 0.623. The smallest absolute Gasteiger partial charge is 0.347 e. The van der Waals surface area contributed by atoms with E-state index in [2.05, 4.69) is 25.2 Å². The monoisotopic (exact) mass is 293 g/mol. The maximum Gasteiger partial charge on any atom is 0.347 e. The number of aryl methyl sites for hydroxylation is 1. The van der Waals surface area contributed by atoms with Crippen LogP contribution in [-0.2, 0) is 14.3 Å². The fourth-order valence-corrected chi connectivity index (χ4v) is 1.40. The molecule has 0 radical (unpaired) electrons. The second-order valence-corrected chi connectivity index (χ2v) is 3.77. The molecular formula is C12H15N5O4. The van der Waals surface area contributed by atoms with Crippen molar-refractivity contribution in [1.29, 1.82) is 5.26 Å². The van der Waals surface area contributed by atoms with Crippen LogP contribution < -0.4 is 0 Å². The lowest BCUT2D eigenvalue weighted by Crippen LogP contribution is -2.19. The molecule has 0 saturated carbocycles. The number of hydrogen-bond donors (Lipinski definition) is 1. The Morgan fingerprint density at radius 1 is 1.38 bits per heavy atom. The van der Waals surface area contributed by atoms with Gasteiger partial charge in [0.25, 0.3) is 6.04 Å². The van der Waals surface area contributed by atoms with Crippen LogP contribution in [0, 0.1) is 18.3 Å². The fraction of sp³-hybridized carbons (Fsp3) is 0.500. The number of nitrogens with zero attached hydrogens (tertiary/aromatic N) is 4. The molecule has 0 aliphatic carbocycles. The number of esters is 2. The Kier molecular flexibility index (Phi) is 6.00. The number of aromatic nitrogens is 2. The Hall–Kier alpha value is -2.76. The molecule has 0 unspecified atom stereocenters. The van der Waals surface area contributed by atoms with Crippen LogP contribution in [-0.4, -0.2) is 41.4 Å². The summed E-state index contributed by atoms with van der Waals surface area (Å²) < 4.78 is 9.54. The average Bonchev–Trinajstić information content (AvgIpc) is 2.81. The first kappa shape index (κ1) is 16.3. The highest BCUT2D eigenvalue weighted by molar-refractivity contribution is 5.95. The summed E-state index contributed by atoms with van der Waals surface area (Å²) in [7, 11) is 0. The average molecular weight is 293 g/mol. The summed E-state index contributed by atoms with van der Waals surface area (Å²) in [6.45, 7) is 5.22. The van der Waals surface area contributed by atoms with E-state index >= 15 is 0 Å². The molecule has 0 spiro atoms. The van der Waals surface area contributed by atoms with E-state index in [1.165, 1.54) is 0 Å². The molecule has 1 aromatic rings. The lowest BCUT2D eigenvalue weighted by molar-refractivity contribution is -0.143. The van der Waals surface area contributed by atoms with Crippen LogP contribution >= 0.6 is 0 Å². The third-order valence-electron chi connectivity index (χ3n) is 2.31. The topological polar surface area (TPSA) is 130 Å². The predicted octanol–water partition coefficient (Wildman–Crippen LogP) is 1.43. The molecule has 112 valence electrons. The minimum Gasteiger partial charge on any atom is -0.464 e. The van der Waals surface area contributed by atoms with Crippen LogP contribution in [0.15, 0.2) is 10.2 Å². The van der Waals surface area contributed by atoms with Gasteiger partial charge in [-0.15, -0.1) is 5.11 Å².